The van der Waals surface area contributed by atoms with Crippen molar-refractivity contribution in [2.75, 3.05) is 20.3 Å². The Balaban J connectivity index is 1.82. The zero-order valence-corrected chi connectivity index (χ0v) is 18.6. The Morgan fingerprint density at radius 3 is 2.63 bits per heavy atom. The number of hydrogen-bond acceptors (Lipinski definition) is 4. The Morgan fingerprint density at radius 2 is 1.93 bits per heavy atom. The van der Waals surface area contributed by atoms with Crippen LogP contribution in [0.15, 0.2) is 48.8 Å². The van der Waals surface area contributed by atoms with Crippen LogP contribution in [0.5, 0.6) is 0 Å². The predicted octanol–water partition coefficient (Wildman–Crippen LogP) is 3.81. The van der Waals surface area contributed by atoms with Crippen LogP contribution in [0, 0.1) is 20.8 Å². The Bertz CT molecular complexity index is 1050. The number of methoxy groups -OCH3 is 1. The van der Waals surface area contributed by atoms with Gasteiger partial charge >= 0.3 is 0 Å². The molecular weight excluding hydrogens is 394 g/mol. The molecule has 1 fully saturated rings. The lowest BCUT2D eigenvalue weighted by atomic mass is 9.97. The third kappa shape index (κ3) is 3.70. The number of hydrogen-bond donors (Lipinski definition) is 1. The molecule has 1 aliphatic rings. The number of thiocarbonyl (C=S) groups is 1. The molecular formula is C23H27N5OS. The molecule has 0 aromatic carbocycles. The summed E-state index contributed by atoms with van der Waals surface area (Å²) in [4.78, 5) is 11.4. The van der Waals surface area contributed by atoms with Crippen molar-refractivity contribution in [2.45, 2.75) is 32.9 Å². The Morgan fingerprint density at radius 1 is 1.10 bits per heavy atom. The third-order valence-corrected chi connectivity index (χ3v) is 6.01. The van der Waals surface area contributed by atoms with Crippen molar-refractivity contribution >= 4 is 17.3 Å². The number of aryl methyl sites for hydroxylation is 2. The number of aromatic nitrogens is 3. The average molecular weight is 422 g/mol. The largest absolute Gasteiger partial charge is 0.383 e. The summed E-state index contributed by atoms with van der Waals surface area (Å²) >= 11 is 5.71. The Labute approximate surface area is 182 Å². The fourth-order valence-electron chi connectivity index (χ4n) is 4.26. The van der Waals surface area contributed by atoms with Gasteiger partial charge in [-0.25, -0.2) is 4.98 Å². The predicted molar refractivity (Wildman–Crippen MR) is 122 cm³/mol. The second-order valence-electron chi connectivity index (χ2n) is 7.67. The van der Waals surface area contributed by atoms with Gasteiger partial charge in [-0.3, -0.25) is 4.98 Å². The van der Waals surface area contributed by atoms with Gasteiger partial charge in [-0.2, -0.15) is 0 Å². The molecule has 0 spiro atoms. The third-order valence-electron chi connectivity index (χ3n) is 5.65. The van der Waals surface area contributed by atoms with Crippen molar-refractivity contribution in [1.82, 2.24) is 24.8 Å². The highest BCUT2D eigenvalue weighted by molar-refractivity contribution is 7.80. The maximum atomic E-state index is 5.71. The van der Waals surface area contributed by atoms with Crippen LogP contribution in [0.1, 0.15) is 40.3 Å². The fraction of sp³-hybridized carbons (Fsp3) is 0.348. The van der Waals surface area contributed by atoms with Crippen LogP contribution < -0.4 is 5.32 Å². The first kappa shape index (κ1) is 20.5. The van der Waals surface area contributed by atoms with E-state index in [4.69, 9.17) is 17.0 Å². The van der Waals surface area contributed by atoms with Gasteiger partial charge < -0.3 is 19.5 Å². The molecule has 0 amide bonds. The van der Waals surface area contributed by atoms with Crippen LogP contribution in [0.3, 0.4) is 0 Å². The number of nitrogens with zero attached hydrogens (tertiary/aromatic N) is 4. The zero-order valence-electron chi connectivity index (χ0n) is 17.8. The SMILES string of the molecule is COCCN1C(=S)N[C@@H](c2ccccn2)[C@H]1c1cc(C)n(-c2cc(C)ccn2)c1C. The normalized spacial score (nSPS) is 18.7. The van der Waals surface area contributed by atoms with Gasteiger partial charge in [0, 0.05) is 37.4 Å². The molecule has 2 atom stereocenters. The number of rotatable bonds is 6. The van der Waals surface area contributed by atoms with Crippen LogP contribution in [0.2, 0.25) is 0 Å². The monoisotopic (exact) mass is 421 g/mol. The van der Waals surface area contributed by atoms with E-state index in [1.165, 1.54) is 11.1 Å². The lowest BCUT2D eigenvalue weighted by Crippen LogP contribution is -2.32. The van der Waals surface area contributed by atoms with Gasteiger partial charge in [0.1, 0.15) is 5.82 Å². The first-order valence-corrected chi connectivity index (χ1v) is 10.5. The standard InChI is InChI=1S/C23H27N5OS/c1-15-8-10-25-20(13-15)28-16(2)14-18(17(28)3)22-21(19-7-5-6-9-24-19)26-23(30)27(22)11-12-29-4/h5-10,13-14,21-22H,11-12H2,1-4H3,(H,26,30)/t21-,22+/m0/s1. The van der Waals surface area contributed by atoms with Gasteiger partial charge in [-0.15, -0.1) is 0 Å². The molecule has 0 unspecified atom stereocenters. The Hall–Kier alpha value is -2.77. The van der Waals surface area contributed by atoms with Crippen LogP contribution in [-0.2, 0) is 4.74 Å². The quantitative estimate of drug-likeness (QED) is 0.611. The lowest BCUT2D eigenvalue weighted by Gasteiger charge is -2.28. The van der Waals surface area contributed by atoms with Gasteiger partial charge in [-0.1, -0.05) is 6.07 Å². The van der Waals surface area contributed by atoms with Crippen molar-refractivity contribution in [3.05, 3.63) is 77.0 Å². The van der Waals surface area contributed by atoms with Crippen molar-refractivity contribution in [3.8, 4) is 5.82 Å². The van der Waals surface area contributed by atoms with Crippen LogP contribution in [0.25, 0.3) is 5.82 Å². The van der Waals surface area contributed by atoms with Gasteiger partial charge in [0.2, 0.25) is 0 Å². The summed E-state index contributed by atoms with van der Waals surface area (Å²) in [5.41, 5.74) is 5.68. The molecule has 3 aromatic rings. The number of nitrogens with one attached hydrogen (secondary N) is 1. The smallest absolute Gasteiger partial charge is 0.170 e. The van der Waals surface area contributed by atoms with E-state index in [9.17, 15) is 0 Å². The van der Waals surface area contributed by atoms with E-state index in [1.807, 2.05) is 36.7 Å². The summed E-state index contributed by atoms with van der Waals surface area (Å²) in [7, 11) is 1.72. The summed E-state index contributed by atoms with van der Waals surface area (Å²) in [6, 6.07) is 12.4. The minimum Gasteiger partial charge on any atom is -0.383 e. The maximum Gasteiger partial charge on any atom is 0.170 e. The maximum absolute atomic E-state index is 5.71. The van der Waals surface area contributed by atoms with Crippen molar-refractivity contribution in [2.24, 2.45) is 0 Å². The van der Waals surface area contributed by atoms with Crippen LogP contribution >= 0.6 is 12.2 Å². The molecule has 1 saturated heterocycles. The average Bonchev–Trinajstić information content (AvgIpc) is 3.22. The Kier molecular flexibility index (Phi) is 5.83. The molecule has 0 bridgehead atoms. The zero-order chi connectivity index (χ0) is 21.3. The minimum atomic E-state index is -0.0324. The summed E-state index contributed by atoms with van der Waals surface area (Å²) in [6.07, 6.45) is 3.69. The van der Waals surface area contributed by atoms with E-state index in [0.29, 0.717) is 13.2 Å². The molecule has 4 heterocycles. The summed E-state index contributed by atoms with van der Waals surface area (Å²) in [5, 5.41) is 4.22. The van der Waals surface area contributed by atoms with E-state index in [0.717, 1.165) is 28.0 Å². The van der Waals surface area contributed by atoms with E-state index < -0.39 is 0 Å². The first-order chi connectivity index (χ1) is 14.5. The molecule has 4 rings (SSSR count). The first-order valence-electron chi connectivity index (χ1n) is 10.1. The van der Waals surface area contributed by atoms with Gasteiger partial charge in [0.25, 0.3) is 0 Å². The number of ether oxygens (including phenoxy) is 1. The van der Waals surface area contributed by atoms with Gasteiger partial charge in [0.05, 0.1) is 24.4 Å². The minimum absolute atomic E-state index is 0.0207. The van der Waals surface area contributed by atoms with Crippen molar-refractivity contribution in [3.63, 3.8) is 0 Å². The summed E-state index contributed by atoms with van der Waals surface area (Å²) in [6.45, 7) is 7.67. The molecule has 7 heteroatoms. The molecule has 30 heavy (non-hydrogen) atoms. The highest BCUT2D eigenvalue weighted by Gasteiger charge is 2.41. The molecule has 0 saturated carbocycles. The number of pyridine rings is 2. The summed E-state index contributed by atoms with van der Waals surface area (Å²) in [5.74, 6) is 0.933. The van der Waals surface area contributed by atoms with Crippen molar-refractivity contribution < 1.29 is 4.74 Å². The van der Waals surface area contributed by atoms with E-state index in [-0.39, 0.29) is 12.1 Å². The van der Waals surface area contributed by atoms with E-state index in [1.54, 1.807) is 7.11 Å². The van der Waals surface area contributed by atoms with E-state index >= 15 is 0 Å². The molecule has 0 radical (unpaired) electrons. The molecule has 1 N–H and O–H groups in total. The highest BCUT2D eigenvalue weighted by Crippen LogP contribution is 2.41. The second-order valence-corrected chi connectivity index (χ2v) is 8.05. The molecule has 0 aliphatic carbocycles. The van der Waals surface area contributed by atoms with Crippen molar-refractivity contribution in [1.29, 1.82) is 0 Å². The molecule has 6 nitrogen and oxygen atoms in total. The van der Waals surface area contributed by atoms with Crippen LogP contribution in [-0.4, -0.2) is 44.8 Å². The molecule has 3 aromatic heterocycles. The second kappa shape index (κ2) is 8.53. The fourth-order valence-corrected chi connectivity index (χ4v) is 4.59. The van der Waals surface area contributed by atoms with Gasteiger partial charge in [0.15, 0.2) is 5.11 Å². The van der Waals surface area contributed by atoms with Crippen LogP contribution in [0.4, 0.5) is 0 Å². The highest BCUT2D eigenvalue weighted by atomic mass is 32.1. The summed E-state index contributed by atoms with van der Waals surface area (Å²) < 4.78 is 7.57. The topological polar surface area (TPSA) is 55.2 Å². The molecule has 156 valence electrons. The van der Waals surface area contributed by atoms with E-state index in [2.05, 4.69) is 57.7 Å². The molecule has 1 aliphatic heterocycles. The van der Waals surface area contributed by atoms with Gasteiger partial charge in [-0.05, 0) is 74.4 Å². The lowest BCUT2D eigenvalue weighted by molar-refractivity contribution is 0.164.